The highest BCUT2D eigenvalue weighted by atomic mass is 79.9. The third kappa shape index (κ3) is 2.77. The van der Waals surface area contributed by atoms with Gasteiger partial charge in [-0.25, -0.2) is 0 Å². The summed E-state index contributed by atoms with van der Waals surface area (Å²) < 4.78 is 0. The fourth-order valence-corrected chi connectivity index (χ4v) is 2.97. The lowest BCUT2D eigenvalue weighted by molar-refractivity contribution is 0.0753. The summed E-state index contributed by atoms with van der Waals surface area (Å²) in [6, 6.07) is 4.66. The molecule has 1 amide bonds. The van der Waals surface area contributed by atoms with Gasteiger partial charge in [-0.2, -0.15) is 0 Å². The van der Waals surface area contributed by atoms with Crippen molar-refractivity contribution < 1.29 is 4.79 Å². The summed E-state index contributed by atoms with van der Waals surface area (Å²) in [6.07, 6.45) is 2.31. The lowest BCUT2D eigenvalue weighted by atomic mass is 9.98. The molecule has 2 nitrogen and oxygen atoms in total. The quantitative estimate of drug-likeness (QED) is 0.778. The number of aryl methyl sites for hydroxylation is 3. The number of halogens is 1. The normalized spacial score (nSPS) is 14.7. The predicted octanol–water partition coefficient (Wildman–Crippen LogP) is 3.61. The average molecular weight is 310 g/mol. The van der Waals surface area contributed by atoms with Gasteiger partial charge in [0.2, 0.25) is 0 Å². The number of benzene rings is 1. The molecular weight excluding hydrogens is 290 g/mol. The van der Waals surface area contributed by atoms with Crippen LogP contribution in [0.1, 0.15) is 39.9 Å². The SMILES string of the molecule is Cc1cc(C)c(C(=O)N(CCBr)C2CC2)c(C)c1. The molecule has 0 bridgehead atoms. The first-order chi connectivity index (χ1) is 8.54. The number of carbonyl (C=O) groups is 1. The zero-order chi connectivity index (χ0) is 13.3. The average Bonchev–Trinajstić information content (AvgIpc) is 3.07. The second-order valence-corrected chi connectivity index (χ2v) is 5.99. The molecule has 0 heterocycles. The molecule has 0 aliphatic heterocycles. The maximum Gasteiger partial charge on any atom is 0.254 e. The zero-order valence-electron chi connectivity index (χ0n) is 11.3. The van der Waals surface area contributed by atoms with Crippen LogP contribution in [0.15, 0.2) is 12.1 Å². The Morgan fingerprint density at radius 1 is 1.28 bits per heavy atom. The van der Waals surface area contributed by atoms with Gasteiger partial charge in [0.25, 0.3) is 5.91 Å². The first kappa shape index (κ1) is 13.6. The van der Waals surface area contributed by atoms with E-state index in [1.165, 1.54) is 5.56 Å². The summed E-state index contributed by atoms with van der Waals surface area (Å²) in [6.45, 7) is 6.94. The van der Waals surface area contributed by atoms with Gasteiger partial charge in [0.15, 0.2) is 0 Å². The van der Waals surface area contributed by atoms with E-state index in [-0.39, 0.29) is 5.91 Å². The van der Waals surface area contributed by atoms with Crippen LogP contribution in [0.3, 0.4) is 0 Å². The second kappa shape index (κ2) is 5.43. The number of hydrogen-bond donors (Lipinski definition) is 0. The first-order valence-corrected chi connectivity index (χ1v) is 7.61. The Kier molecular flexibility index (Phi) is 4.10. The zero-order valence-corrected chi connectivity index (χ0v) is 12.9. The van der Waals surface area contributed by atoms with E-state index in [0.29, 0.717) is 6.04 Å². The smallest absolute Gasteiger partial charge is 0.254 e. The number of alkyl halides is 1. The van der Waals surface area contributed by atoms with Gasteiger partial charge in [-0.05, 0) is 44.7 Å². The molecule has 0 saturated heterocycles. The van der Waals surface area contributed by atoms with Crippen LogP contribution in [0.25, 0.3) is 0 Å². The van der Waals surface area contributed by atoms with Gasteiger partial charge in [-0.3, -0.25) is 4.79 Å². The summed E-state index contributed by atoms with van der Waals surface area (Å²) in [7, 11) is 0. The van der Waals surface area contributed by atoms with Crippen molar-refractivity contribution in [1.82, 2.24) is 4.90 Å². The molecule has 0 atom stereocenters. The molecular formula is C15H20BrNO. The van der Waals surface area contributed by atoms with E-state index in [0.717, 1.165) is 41.4 Å². The summed E-state index contributed by atoms with van der Waals surface area (Å²) in [5.74, 6) is 0.201. The van der Waals surface area contributed by atoms with Gasteiger partial charge in [-0.1, -0.05) is 33.6 Å². The molecule has 0 aromatic heterocycles. The van der Waals surface area contributed by atoms with E-state index in [2.05, 4.69) is 35.0 Å². The Balaban J connectivity index is 2.32. The number of hydrogen-bond acceptors (Lipinski definition) is 1. The van der Waals surface area contributed by atoms with E-state index >= 15 is 0 Å². The minimum atomic E-state index is 0.201. The third-order valence-electron chi connectivity index (χ3n) is 3.46. The number of rotatable bonds is 4. The van der Waals surface area contributed by atoms with Crippen molar-refractivity contribution in [2.45, 2.75) is 39.7 Å². The molecule has 2 rings (SSSR count). The molecule has 1 fully saturated rings. The van der Waals surface area contributed by atoms with Gasteiger partial charge >= 0.3 is 0 Å². The Labute approximate surface area is 117 Å². The Morgan fingerprint density at radius 2 is 1.83 bits per heavy atom. The van der Waals surface area contributed by atoms with Crippen LogP contribution in [0.5, 0.6) is 0 Å². The van der Waals surface area contributed by atoms with Crippen molar-refractivity contribution in [2.24, 2.45) is 0 Å². The molecule has 0 spiro atoms. The molecule has 3 heteroatoms. The van der Waals surface area contributed by atoms with Gasteiger partial charge in [0, 0.05) is 23.5 Å². The highest BCUT2D eigenvalue weighted by Crippen LogP contribution is 2.29. The number of nitrogens with zero attached hydrogens (tertiary/aromatic N) is 1. The number of carbonyl (C=O) groups excluding carboxylic acids is 1. The minimum absolute atomic E-state index is 0.201. The highest BCUT2D eigenvalue weighted by Gasteiger charge is 2.33. The van der Waals surface area contributed by atoms with Crippen molar-refractivity contribution in [1.29, 1.82) is 0 Å². The van der Waals surface area contributed by atoms with E-state index < -0.39 is 0 Å². The van der Waals surface area contributed by atoms with E-state index in [1.807, 2.05) is 18.7 Å². The topological polar surface area (TPSA) is 20.3 Å². The largest absolute Gasteiger partial charge is 0.335 e. The first-order valence-electron chi connectivity index (χ1n) is 6.49. The van der Waals surface area contributed by atoms with Crippen molar-refractivity contribution in [2.75, 3.05) is 11.9 Å². The molecule has 0 N–H and O–H groups in total. The predicted molar refractivity (Wildman–Crippen MR) is 78.5 cm³/mol. The van der Waals surface area contributed by atoms with E-state index in [9.17, 15) is 4.79 Å². The fraction of sp³-hybridized carbons (Fsp3) is 0.533. The summed E-state index contributed by atoms with van der Waals surface area (Å²) >= 11 is 3.44. The Morgan fingerprint density at radius 3 is 2.28 bits per heavy atom. The monoisotopic (exact) mass is 309 g/mol. The Bertz CT molecular complexity index is 443. The maximum absolute atomic E-state index is 12.7. The summed E-state index contributed by atoms with van der Waals surface area (Å²) in [5.41, 5.74) is 4.31. The number of amides is 1. The van der Waals surface area contributed by atoms with Crippen LogP contribution < -0.4 is 0 Å². The molecule has 98 valence electrons. The van der Waals surface area contributed by atoms with Crippen LogP contribution in [-0.4, -0.2) is 28.7 Å². The van der Waals surface area contributed by atoms with Gasteiger partial charge in [-0.15, -0.1) is 0 Å². The van der Waals surface area contributed by atoms with Crippen LogP contribution in [0.2, 0.25) is 0 Å². The minimum Gasteiger partial charge on any atom is -0.335 e. The molecule has 18 heavy (non-hydrogen) atoms. The lowest BCUT2D eigenvalue weighted by Gasteiger charge is -2.23. The summed E-state index contributed by atoms with van der Waals surface area (Å²) in [4.78, 5) is 14.7. The maximum atomic E-state index is 12.7. The fourth-order valence-electron chi connectivity index (χ4n) is 2.59. The molecule has 1 saturated carbocycles. The van der Waals surface area contributed by atoms with E-state index in [1.54, 1.807) is 0 Å². The van der Waals surface area contributed by atoms with Crippen molar-refractivity contribution in [3.8, 4) is 0 Å². The summed E-state index contributed by atoms with van der Waals surface area (Å²) in [5, 5.41) is 0.846. The van der Waals surface area contributed by atoms with Crippen molar-refractivity contribution in [3.05, 3.63) is 34.4 Å². The van der Waals surface area contributed by atoms with Crippen LogP contribution >= 0.6 is 15.9 Å². The molecule has 1 aliphatic carbocycles. The standard InChI is InChI=1S/C15H20BrNO/c1-10-8-11(2)14(12(3)9-10)15(18)17(7-6-16)13-4-5-13/h8-9,13H,4-7H2,1-3H3. The van der Waals surface area contributed by atoms with Crippen LogP contribution in [0, 0.1) is 20.8 Å². The van der Waals surface area contributed by atoms with E-state index in [4.69, 9.17) is 0 Å². The van der Waals surface area contributed by atoms with Crippen molar-refractivity contribution >= 4 is 21.8 Å². The van der Waals surface area contributed by atoms with Gasteiger partial charge in [0.05, 0.1) is 0 Å². The van der Waals surface area contributed by atoms with Crippen LogP contribution in [-0.2, 0) is 0 Å². The molecule has 0 radical (unpaired) electrons. The highest BCUT2D eigenvalue weighted by molar-refractivity contribution is 9.09. The Hall–Kier alpha value is -0.830. The van der Waals surface area contributed by atoms with Crippen molar-refractivity contribution in [3.63, 3.8) is 0 Å². The molecule has 1 aromatic carbocycles. The lowest BCUT2D eigenvalue weighted by Crippen LogP contribution is -2.35. The molecule has 1 aromatic rings. The molecule has 0 unspecified atom stereocenters. The van der Waals surface area contributed by atoms with Gasteiger partial charge < -0.3 is 4.90 Å². The molecule has 1 aliphatic rings. The van der Waals surface area contributed by atoms with Gasteiger partial charge in [0.1, 0.15) is 0 Å². The second-order valence-electron chi connectivity index (χ2n) is 5.19. The van der Waals surface area contributed by atoms with Crippen LogP contribution in [0.4, 0.5) is 0 Å². The third-order valence-corrected chi connectivity index (χ3v) is 3.82.